The highest BCUT2D eigenvalue weighted by Crippen LogP contribution is 2.24. The van der Waals surface area contributed by atoms with Gasteiger partial charge in [-0.25, -0.2) is 0 Å². The van der Waals surface area contributed by atoms with Crippen LogP contribution in [0, 0.1) is 10.1 Å². The van der Waals surface area contributed by atoms with Gasteiger partial charge in [0.2, 0.25) is 0 Å². The SMILES string of the molecule is CN(C(=O)c1cc([N+](=O)[O-])ccc1Br)C1CNC1. The van der Waals surface area contributed by atoms with Crippen molar-refractivity contribution in [2.45, 2.75) is 6.04 Å². The lowest BCUT2D eigenvalue weighted by atomic mass is 10.1. The van der Waals surface area contributed by atoms with Crippen molar-refractivity contribution < 1.29 is 9.72 Å². The second-order valence-electron chi connectivity index (χ2n) is 4.15. The van der Waals surface area contributed by atoms with Gasteiger partial charge < -0.3 is 10.2 Å². The van der Waals surface area contributed by atoms with Crippen molar-refractivity contribution in [3.05, 3.63) is 38.3 Å². The molecule has 1 fully saturated rings. The molecule has 96 valence electrons. The molecule has 1 heterocycles. The van der Waals surface area contributed by atoms with E-state index in [0.29, 0.717) is 10.0 Å². The van der Waals surface area contributed by atoms with Gasteiger partial charge in [-0.1, -0.05) is 0 Å². The van der Waals surface area contributed by atoms with Crippen molar-refractivity contribution in [2.24, 2.45) is 0 Å². The summed E-state index contributed by atoms with van der Waals surface area (Å²) in [6.45, 7) is 1.52. The van der Waals surface area contributed by atoms with Crippen LogP contribution in [0.1, 0.15) is 10.4 Å². The van der Waals surface area contributed by atoms with E-state index in [1.165, 1.54) is 18.2 Å². The second kappa shape index (κ2) is 5.03. The van der Waals surface area contributed by atoms with Crippen LogP contribution in [0.25, 0.3) is 0 Å². The van der Waals surface area contributed by atoms with Crippen LogP contribution in [0.4, 0.5) is 5.69 Å². The summed E-state index contributed by atoms with van der Waals surface area (Å²) in [7, 11) is 1.71. The smallest absolute Gasteiger partial charge is 0.270 e. The number of carbonyl (C=O) groups is 1. The van der Waals surface area contributed by atoms with Gasteiger partial charge in [0.25, 0.3) is 11.6 Å². The largest absolute Gasteiger partial charge is 0.336 e. The zero-order valence-electron chi connectivity index (χ0n) is 9.72. The Bertz CT molecular complexity index is 502. The molecule has 1 aromatic carbocycles. The summed E-state index contributed by atoms with van der Waals surface area (Å²) in [5, 5.41) is 13.8. The second-order valence-corrected chi connectivity index (χ2v) is 5.00. The average molecular weight is 314 g/mol. The number of non-ortho nitro benzene ring substituents is 1. The molecular weight excluding hydrogens is 302 g/mol. The maximum Gasteiger partial charge on any atom is 0.270 e. The lowest BCUT2D eigenvalue weighted by molar-refractivity contribution is -0.384. The van der Waals surface area contributed by atoms with E-state index in [-0.39, 0.29) is 17.6 Å². The minimum absolute atomic E-state index is 0.0818. The van der Waals surface area contributed by atoms with E-state index in [4.69, 9.17) is 0 Å². The van der Waals surface area contributed by atoms with Crippen LogP contribution in [-0.4, -0.2) is 41.9 Å². The van der Waals surface area contributed by atoms with Gasteiger partial charge in [-0.2, -0.15) is 0 Å². The van der Waals surface area contributed by atoms with Gasteiger partial charge in [0, 0.05) is 36.7 Å². The third-order valence-corrected chi connectivity index (χ3v) is 3.71. The van der Waals surface area contributed by atoms with Crippen molar-refractivity contribution in [2.75, 3.05) is 20.1 Å². The van der Waals surface area contributed by atoms with Crippen LogP contribution < -0.4 is 5.32 Å². The standard InChI is InChI=1S/C11H12BrN3O3/c1-14(8-5-13-6-8)11(16)9-4-7(15(17)18)2-3-10(9)12/h2-4,8,13H,5-6H2,1H3. The summed E-state index contributed by atoms with van der Waals surface area (Å²) in [6, 6.07) is 4.35. The molecule has 1 N–H and O–H groups in total. The van der Waals surface area contributed by atoms with Crippen LogP contribution in [-0.2, 0) is 0 Å². The van der Waals surface area contributed by atoms with Crippen LogP contribution in [0.2, 0.25) is 0 Å². The number of hydrogen-bond acceptors (Lipinski definition) is 4. The molecule has 0 atom stereocenters. The fraction of sp³-hybridized carbons (Fsp3) is 0.364. The molecule has 7 heteroatoms. The third kappa shape index (κ3) is 2.37. The lowest BCUT2D eigenvalue weighted by Gasteiger charge is -2.35. The Labute approximate surface area is 112 Å². The van der Waals surface area contributed by atoms with Crippen molar-refractivity contribution in [1.82, 2.24) is 10.2 Å². The highest BCUT2D eigenvalue weighted by atomic mass is 79.9. The van der Waals surface area contributed by atoms with Crippen LogP contribution in [0.3, 0.4) is 0 Å². The van der Waals surface area contributed by atoms with Crippen molar-refractivity contribution in [1.29, 1.82) is 0 Å². The van der Waals surface area contributed by atoms with E-state index in [9.17, 15) is 14.9 Å². The molecule has 0 unspecified atom stereocenters. The van der Waals surface area contributed by atoms with Gasteiger partial charge >= 0.3 is 0 Å². The summed E-state index contributed by atoms with van der Waals surface area (Å²) in [6.07, 6.45) is 0. The molecule has 0 aromatic heterocycles. The summed E-state index contributed by atoms with van der Waals surface area (Å²) in [5.74, 6) is -0.211. The Balaban J connectivity index is 2.28. The predicted molar refractivity (Wildman–Crippen MR) is 69.5 cm³/mol. The first-order chi connectivity index (χ1) is 8.50. The Morgan fingerprint density at radius 3 is 2.72 bits per heavy atom. The van der Waals surface area contributed by atoms with Crippen LogP contribution >= 0.6 is 15.9 Å². The van der Waals surface area contributed by atoms with Crippen molar-refractivity contribution >= 4 is 27.5 Å². The Morgan fingerprint density at radius 1 is 1.56 bits per heavy atom. The van der Waals surface area contributed by atoms with E-state index in [1.54, 1.807) is 11.9 Å². The quantitative estimate of drug-likeness (QED) is 0.676. The van der Waals surface area contributed by atoms with E-state index < -0.39 is 4.92 Å². The van der Waals surface area contributed by atoms with Crippen molar-refractivity contribution in [3.8, 4) is 0 Å². The molecule has 1 aromatic rings. The van der Waals surface area contributed by atoms with Crippen molar-refractivity contribution in [3.63, 3.8) is 0 Å². The molecule has 18 heavy (non-hydrogen) atoms. The van der Waals surface area contributed by atoms with Gasteiger partial charge in [0.05, 0.1) is 16.5 Å². The number of halogens is 1. The highest BCUT2D eigenvalue weighted by Gasteiger charge is 2.27. The predicted octanol–water partition coefficient (Wildman–Crippen LogP) is 1.40. The van der Waals surface area contributed by atoms with Crippen LogP contribution in [0.5, 0.6) is 0 Å². The number of rotatable bonds is 3. The highest BCUT2D eigenvalue weighted by molar-refractivity contribution is 9.10. The number of benzene rings is 1. The number of nitro groups is 1. The molecule has 0 saturated carbocycles. The fourth-order valence-corrected chi connectivity index (χ4v) is 2.11. The number of nitrogens with zero attached hydrogens (tertiary/aromatic N) is 2. The van der Waals surface area contributed by atoms with Gasteiger partial charge in [0.1, 0.15) is 0 Å². The average Bonchev–Trinajstić information content (AvgIpc) is 2.26. The number of hydrogen-bond donors (Lipinski definition) is 1. The van der Waals surface area contributed by atoms with Gasteiger partial charge in [-0.3, -0.25) is 14.9 Å². The molecule has 0 bridgehead atoms. The molecule has 1 saturated heterocycles. The minimum Gasteiger partial charge on any atom is -0.336 e. The number of likely N-dealkylation sites (N-methyl/N-ethyl adjacent to an activating group) is 1. The Kier molecular flexibility index (Phi) is 3.63. The zero-order chi connectivity index (χ0) is 13.3. The first-order valence-corrected chi connectivity index (χ1v) is 6.22. The molecule has 0 aliphatic carbocycles. The number of carbonyl (C=O) groups excluding carboxylic acids is 1. The molecule has 1 aliphatic rings. The first-order valence-electron chi connectivity index (χ1n) is 5.42. The summed E-state index contributed by atoms with van der Waals surface area (Å²) in [5.41, 5.74) is 0.236. The monoisotopic (exact) mass is 313 g/mol. The zero-order valence-corrected chi connectivity index (χ0v) is 11.3. The van der Waals surface area contributed by atoms with E-state index in [0.717, 1.165) is 13.1 Å². The number of amides is 1. The Hall–Kier alpha value is -1.47. The maximum atomic E-state index is 12.2. The third-order valence-electron chi connectivity index (χ3n) is 3.02. The summed E-state index contributed by atoms with van der Waals surface area (Å²) in [4.78, 5) is 24.0. The molecule has 2 rings (SSSR count). The molecule has 1 amide bonds. The summed E-state index contributed by atoms with van der Waals surface area (Å²) >= 11 is 3.25. The Morgan fingerprint density at radius 2 is 2.22 bits per heavy atom. The van der Waals surface area contributed by atoms with E-state index in [1.807, 2.05) is 0 Å². The fourth-order valence-electron chi connectivity index (χ4n) is 1.69. The number of nitro benzene ring substituents is 1. The normalized spacial score (nSPS) is 15.0. The minimum atomic E-state index is -0.506. The van der Waals surface area contributed by atoms with E-state index in [2.05, 4.69) is 21.2 Å². The molecular formula is C11H12BrN3O3. The molecule has 1 aliphatic heterocycles. The summed E-state index contributed by atoms with van der Waals surface area (Å²) < 4.78 is 0.567. The van der Waals surface area contributed by atoms with Gasteiger partial charge in [-0.05, 0) is 22.0 Å². The first kappa shape index (κ1) is 13.0. The van der Waals surface area contributed by atoms with E-state index >= 15 is 0 Å². The molecule has 0 spiro atoms. The van der Waals surface area contributed by atoms with Crippen LogP contribution in [0.15, 0.2) is 22.7 Å². The number of nitrogens with one attached hydrogen (secondary N) is 1. The topological polar surface area (TPSA) is 75.5 Å². The lowest BCUT2D eigenvalue weighted by Crippen LogP contribution is -2.57. The van der Waals surface area contributed by atoms with Gasteiger partial charge in [0.15, 0.2) is 0 Å². The molecule has 6 nitrogen and oxygen atoms in total. The maximum absolute atomic E-state index is 12.2. The molecule has 0 radical (unpaired) electrons. The van der Waals surface area contributed by atoms with Gasteiger partial charge in [-0.15, -0.1) is 0 Å².